The van der Waals surface area contributed by atoms with Crippen LogP contribution < -0.4 is 4.90 Å². The van der Waals surface area contributed by atoms with Crippen molar-refractivity contribution in [2.24, 2.45) is 0 Å². The van der Waals surface area contributed by atoms with Crippen LogP contribution in [0.2, 0.25) is 5.02 Å². The van der Waals surface area contributed by atoms with Crippen molar-refractivity contribution in [3.05, 3.63) is 59.0 Å². The van der Waals surface area contributed by atoms with Crippen LogP contribution in [0.25, 0.3) is 5.65 Å². The lowest BCUT2D eigenvalue weighted by atomic mass is 9.95. The van der Waals surface area contributed by atoms with Crippen molar-refractivity contribution in [1.29, 1.82) is 5.26 Å². The molecule has 120 valence electrons. The Kier molecular flexibility index (Phi) is 3.83. The second-order valence-electron chi connectivity index (χ2n) is 6.02. The van der Waals surface area contributed by atoms with Gasteiger partial charge in [0.15, 0.2) is 5.65 Å². The van der Waals surface area contributed by atoms with E-state index in [9.17, 15) is 0 Å². The van der Waals surface area contributed by atoms with Crippen molar-refractivity contribution in [2.75, 3.05) is 18.0 Å². The number of pyridine rings is 1. The van der Waals surface area contributed by atoms with E-state index in [-0.39, 0.29) is 0 Å². The number of hydrogen-bond acceptors (Lipinski definition) is 4. The number of nitriles is 1. The van der Waals surface area contributed by atoms with Crippen LogP contribution in [0.5, 0.6) is 0 Å². The van der Waals surface area contributed by atoms with Gasteiger partial charge in [-0.15, -0.1) is 10.2 Å². The fraction of sp³-hybridized carbons (Fsp3) is 0.278. The SMILES string of the molecule is N#Cc1ccc(N2CCC(c3nnc4ccccn34)CC2)cc1Cl. The first kappa shape index (κ1) is 15.0. The number of fused-ring (bicyclic) bond motifs is 1. The van der Waals surface area contributed by atoms with E-state index in [4.69, 9.17) is 16.9 Å². The summed E-state index contributed by atoms with van der Waals surface area (Å²) >= 11 is 6.15. The summed E-state index contributed by atoms with van der Waals surface area (Å²) in [5.74, 6) is 1.45. The average Bonchev–Trinajstić information content (AvgIpc) is 3.06. The summed E-state index contributed by atoms with van der Waals surface area (Å²) in [7, 11) is 0. The molecule has 3 heterocycles. The minimum absolute atomic E-state index is 0.410. The molecule has 4 rings (SSSR count). The number of nitrogens with zero attached hydrogens (tertiary/aromatic N) is 5. The first-order chi connectivity index (χ1) is 11.8. The van der Waals surface area contributed by atoms with Crippen LogP contribution in [-0.4, -0.2) is 27.7 Å². The molecule has 1 aliphatic rings. The van der Waals surface area contributed by atoms with Gasteiger partial charge < -0.3 is 4.90 Å². The maximum atomic E-state index is 8.98. The summed E-state index contributed by atoms with van der Waals surface area (Å²) in [4.78, 5) is 2.31. The zero-order valence-corrected chi connectivity index (χ0v) is 13.8. The second kappa shape index (κ2) is 6.14. The number of piperidine rings is 1. The minimum Gasteiger partial charge on any atom is -0.371 e. The van der Waals surface area contributed by atoms with Crippen LogP contribution in [-0.2, 0) is 0 Å². The summed E-state index contributed by atoms with van der Waals surface area (Å²) in [5, 5.41) is 18.1. The van der Waals surface area contributed by atoms with E-state index in [2.05, 4.69) is 25.6 Å². The van der Waals surface area contributed by atoms with Gasteiger partial charge in [0.05, 0.1) is 10.6 Å². The number of anilines is 1. The van der Waals surface area contributed by atoms with Gasteiger partial charge in [0.25, 0.3) is 0 Å². The smallest absolute Gasteiger partial charge is 0.160 e. The van der Waals surface area contributed by atoms with E-state index < -0.39 is 0 Å². The molecule has 1 aromatic carbocycles. The van der Waals surface area contributed by atoms with E-state index in [1.54, 1.807) is 6.07 Å². The van der Waals surface area contributed by atoms with Crippen molar-refractivity contribution in [2.45, 2.75) is 18.8 Å². The zero-order valence-electron chi connectivity index (χ0n) is 13.1. The van der Waals surface area contributed by atoms with E-state index in [1.807, 2.05) is 36.5 Å². The Labute approximate surface area is 145 Å². The Morgan fingerprint density at radius 1 is 1.12 bits per heavy atom. The second-order valence-corrected chi connectivity index (χ2v) is 6.43. The van der Waals surface area contributed by atoms with Crippen molar-refractivity contribution in [3.63, 3.8) is 0 Å². The monoisotopic (exact) mass is 337 g/mol. The molecule has 6 heteroatoms. The number of hydrogen-bond donors (Lipinski definition) is 0. The molecule has 0 amide bonds. The lowest BCUT2D eigenvalue weighted by Gasteiger charge is -2.33. The highest BCUT2D eigenvalue weighted by atomic mass is 35.5. The van der Waals surface area contributed by atoms with Gasteiger partial charge in [0.2, 0.25) is 0 Å². The van der Waals surface area contributed by atoms with Gasteiger partial charge in [-0.2, -0.15) is 5.26 Å². The third-order valence-corrected chi connectivity index (χ3v) is 4.95. The molecule has 2 aromatic heterocycles. The highest BCUT2D eigenvalue weighted by Gasteiger charge is 2.24. The molecular weight excluding hydrogens is 322 g/mol. The lowest BCUT2D eigenvalue weighted by molar-refractivity contribution is 0.482. The Balaban J connectivity index is 1.51. The Hall–Kier alpha value is -2.58. The van der Waals surface area contributed by atoms with Crippen LogP contribution in [0.1, 0.15) is 30.1 Å². The maximum Gasteiger partial charge on any atom is 0.160 e. The summed E-state index contributed by atoms with van der Waals surface area (Å²) in [6.45, 7) is 1.88. The fourth-order valence-corrected chi connectivity index (χ4v) is 3.54. The summed E-state index contributed by atoms with van der Waals surface area (Å²) in [6, 6.07) is 13.7. The number of halogens is 1. The highest BCUT2D eigenvalue weighted by Crippen LogP contribution is 2.31. The standard InChI is InChI=1S/C18H16ClN5/c19-16-11-15(5-4-14(16)12-20)23-9-6-13(7-10-23)18-22-21-17-3-1-2-8-24(17)18/h1-5,8,11,13H,6-7,9-10H2. The van der Waals surface area contributed by atoms with E-state index in [1.165, 1.54) is 0 Å². The normalized spacial score (nSPS) is 15.6. The molecular formula is C18H16ClN5. The highest BCUT2D eigenvalue weighted by molar-refractivity contribution is 6.32. The predicted molar refractivity (Wildman–Crippen MR) is 93.3 cm³/mol. The summed E-state index contributed by atoms with van der Waals surface area (Å²) in [6.07, 6.45) is 4.07. The molecule has 24 heavy (non-hydrogen) atoms. The van der Waals surface area contributed by atoms with Crippen molar-refractivity contribution < 1.29 is 0 Å². The van der Waals surface area contributed by atoms with Crippen LogP contribution in [0.15, 0.2) is 42.6 Å². The number of aromatic nitrogens is 3. The molecule has 0 bridgehead atoms. The third-order valence-electron chi connectivity index (χ3n) is 4.64. The number of benzene rings is 1. The van der Waals surface area contributed by atoms with Gasteiger partial charge in [0, 0.05) is 30.9 Å². The van der Waals surface area contributed by atoms with Crippen LogP contribution in [0.4, 0.5) is 5.69 Å². The molecule has 0 atom stereocenters. The van der Waals surface area contributed by atoms with Gasteiger partial charge in [0.1, 0.15) is 11.9 Å². The van der Waals surface area contributed by atoms with Crippen LogP contribution >= 0.6 is 11.6 Å². The zero-order chi connectivity index (χ0) is 16.5. The molecule has 0 spiro atoms. The van der Waals surface area contributed by atoms with Crippen LogP contribution in [0.3, 0.4) is 0 Å². The van der Waals surface area contributed by atoms with E-state index in [0.717, 1.165) is 43.1 Å². The van der Waals surface area contributed by atoms with Crippen LogP contribution in [0, 0.1) is 11.3 Å². The van der Waals surface area contributed by atoms with Crippen molar-refractivity contribution in [3.8, 4) is 6.07 Å². The summed E-state index contributed by atoms with van der Waals surface area (Å²) < 4.78 is 2.08. The van der Waals surface area contributed by atoms with Gasteiger partial charge in [-0.25, -0.2) is 0 Å². The molecule has 1 aliphatic heterocycles. The van der Waals surface area contributed by atoms with E-state index in [0.29, 0.717) is 16.5 Å². The molecule has 5 nitrogen and oxygen atoms in total. The minimum atomic E-state index is 0.410. The first-order valence-electron chi connectivity index (χ1n) is 8.00. The largest absolute Gasteiger partial charge is 0.371 e. The molecule has 0 N–H and O–H groups in total. The van der Waals surface area contributed by atoms with Gasteiger partial charge in [-0.05, 0) is 43.2 Å². The van der Waals surface area contributed by atoms with Crippen molar-refractivity contribution >= 4 is 22.9 Å². The van der Waals surface area contributed by atoms with Gasteiger partial charge in [-0.1, -0.05) is 17.7 Å². The molecule has 1 fully saturated rings. The quantitative estimate of drug-likeness (QED) is 0.716. The molecule has 0 aliphatic carbocycles. The molecule has 0 saturated carbocycles. The fourth-order valence-electron chi connectivity index (χ4n) is 3.33. The van der Waals surface area contributed by atoms with Gasteiger partial charge in [-0.3, -0.25) is 4.40 Å². The van der Waals surface area contributed by atoms with Crippen molar-refractivity contribution in [1.82, 2.24) is 14.6 Å². The Bertz CT molecular complexity index is 919. The molecule has 1 saturated heterocycles. The Morgan fingerprint density at radius 3 is 2.71 bits per heavy atom. The lowest BCUT2D eigenvalue weighted by Crippen LogP contribution is -2.33. The topological polar surface area (TPSA) is 57.2 Å². The third kappa shape index (κ3) is 2.59. The average molecular weight is 338 g/mol. The van der Waals surface area contributed by atoms with E-state index >= 15 is 0 Å². The first-order valence-corrected chi connectivity index (χ1v) is 8.38. The Morgan fingerprint density at radius 2 is 1.96 bits per heavy atom. The molecule has 0 radical (unpaired) electrons. The predicted octanol–water partition coefficient (Wildman–Crippen LogP) is 3.64. The summed E-state index contributed by atoms with van der Waals surface area (Å²) in [5.41, 5.74) is 2.49. The number of rotatable bonds is 2. The molecule has 3 aromatic rings. The maximum absolute atomic E-state index is 8.98. The van der Waals surface area contributed by atoms with Gasteiger partial charge >= 0.3 is 0 Å². The molecule has 0 unspecified atom stereocenters.